The summed E-state index contributed by atoms with van der Waals surface area (Å²) in [4.78, 5) is 21.6. The number of ether oxygens (including phenoxy) is 1. The Labute approximate surface area is 83.6 Å². The highest BCUT2D eigenvalue weighted by molar-refractivity contribution is 5.97. The molecule has 4 nitrogen and oxygen atoms in total. The minimum absolute atomic E-state index is 0.0773. The van der Waals surface area contributed by atoms with Crippen LogP contribution in [0.25, 0.3) is 0 Å². The molecule has 0 aromatic carbocycles. The molecule has 4 heteroatoms. The van der Waals surface area contributed by atoms with Crippen molar-refractivity contribution in [1.29, 1.82) is 0 Å². The van der Waals surface area contributed by atoms with Crippen LogP contribution < -0.4 is 5.11 Å². The molecule has 0 fully saturated rings. The lowest BCUT2D eigenvalue weighted by molar-refractivity contribution is -0.299. The fourth-order valence-electron chi connectivity index (χ4n) is 0.724. The van der Waals surface area contributed by atoms with Crippen LogP contribution in [0.5, 0.6) is 0 Å². The molecular formula is C10H15O4-. The van der Waals surface area contributed by atoms with Crippen molar-refractivity contribution >= 4 is 11.9 Å². The predicted octanol–water partition coefficient (Wildman–Crippen LogP) is 0.416. The van der Waals surface area contributed by atoms with Crippen LogP contribution in [0.15, 0.2) is 11.1 Å². The Kier molecular flexibility index (Phi) is 5.60. The van der Waals surface area contributed by atoms with Gasteiger partial charge in [-0.05, 0) is 25.8 Å². The van der Waals surface area contributed by atoms with Crippen LogP contribution in [0.2, 0.25) is 0 Å². The minimum Gasteiger partial charge on any atom is -0.545 e. The number of carboxylic acids is 1. The number of carboxylic acid groups (broad SMARTS) is 1. The van der Waals surface area contributed by atoms with Crippen LogP contribution in [-0.2, 0) is 14.3 Å². The fourth-order valence-corrected chi connectivity index (χ4v) is 0.724. The quantitative estimate of drug-likeness (QED) is 0.365. The third-order valence-corrected chi connectivity index (χ3v) is 1.91. The van der Waals surface area contributed by atoms with Gasteiger partial charge >= 0.3 is 5.97 Å². The monoisotopic (exact) mass is 199 g/mol. The van der Waals surface area contributed by atoms with Crippen molar-refractivity contribution in [2.45, 2.75) is 33.6 Å². The van der Waals surface area contributed by atoms with E-state index in [0.29, 0.717) is 6.61 Å². The zero-order chi connectivity index (χ0) is 11.1. The molecule has 0 amide bonds. The molecule has 14 heavy (non-hydrogen) atoms. The smallest absolute Gasteiger partial charge is 0.334 e. The lowest BCUT2D eigenvalue weighted by Crippen LogP contribution is -2.25. The van der Waals surface area contributed by atoms with Crippen LogP contribution in [0.1, 0.15) is 33.6 Å². The van der Waals surface area contributed by atoms with Gasteiger partial charge in [-0.25, -0.2) is 4.79 Å². The highest BCUT2D eigenvalue weighted by atomic mass is 16.5. The highest BCUT2D eigenvalue weighted by Gasteiger charge is 2.09. The number of rotatable bonds is 5. The molecule has 0 aromatic heterocycles. The van der Waals surface area contributed by atoms with Crippen LogP contribution in [-0.4, -0.2) is 18.5 Å². The molecule has 0 rings (SSSR count). The van der Waals surface area contributed by atoms with Gasteiger partial charge in [0.15, 0.2) is 0 Å². The Morgan fingerprint density at radius 1 is 1.21 bits per heavy atom. The van der Waals surface area contributed by atoms with Gasteiger partial charge in [0, 0.05) is 5.57 Å². The highest BCUT2D eigenvalue weighted by Crippen LogP contribution is 2.05. The molecule has 0 N–H and O–H groups in total. The molecule has 0 heterocycles. The van der Waals surface area contributed by atoms with E-state index in [-0.39, 0.29) is 11.1 Å². The van der Waals surface area contributed by atoms with E-state index in [4.69, 9.17) is 4.74 Å². The number of aliphatic carboxylic acids is 1. The van der Waals surface area contributed by atoms with Crippen LogP contribution >= 0.6 is 0 Å². The Morgan fingerprint density at radius 3 is 2.21 bits per heavy atom. The first-order valence-electron chi connectivity index (χ1n) is 4.56. The maximum atomic E-state index is 11.2. The van der Waals surface area contributed by atoms with Crippen molar-refractivity contribution in [2.24, 2.45) is 0 Å². The summed E-state index contributed by atoms with van der Waals surface area (Å²) in [6, 6.07) is 0. The summed E-state index contributed by atoms with van der Waals surface area (Å²) in [6.07, 6.45) is 1.71. The SMILES string of the molecule is CCCCOC(=O)/C(C)=C(\C)C(=O)[O-]. The molecule has 0 radical (unpaired) electrons. The fraction of sp³-hybridized carbons (Fsp3) is 0.600. The standard InChI is InChI=1S/C10H16O4/c1-4-5-6-14-10(13)8(3)7(2)9(11)12/h4-6H2,1-3H3,(H,11,12)/p-1/b8-7+. The Balaban J connectivity index is 4.25. The zero-order valence-corrected chi connectivity index (χ0v) is 8.75. The van der Waals surface area contributed by atoms with E-state index in [1.165, 1.54) is 13.8 Å². The zero-order valence-electron chi connectivity index (χ0n) is 8.75. The van der Waals surface area contributed by atoms with E-state index in [1.54, 1.807) is 0 Å². The van der Waals surface area contributed by atoms with Crippen molar-refractivity contribution in [3.63, 3.8) is 0 Å². The van der Waals surface area contributed by atoms with Gasteiger partial charge in [-0.15, -0.1) is 0 Å². The van der Waals surface area contributed by atoms with Crippen LogP contribution in [0, 0.1) is 0 Å². The summed E-state index contributed by atoms with van der Waals surface area (Å²) in [5.41, 5.74) is 0.0209. The molecule has 80 valence electrons. The van der Waals surface area contributed by atoms with Gasteiger partial charge in [0.05, 0.1) is 12.6 Å². The first-order valence-corrected chi connectivity index (χ1v) is 4.56. The van der Waals surface area contributed by atoms with Crippen molar-refractivity contribution in [3.05, 3.63) is 11.1 Å². The summed E-state index contributed by atoms with van der Waals surface area (Å²) in [7, 11) is 0. The molecule has 0 unspecified atom stereocenters. The third-order valence-electron chi connectivity index (χ3n) is 1.91. The molecule has 0 aliphatic heterocycles. The van der Waals surface area contributed by atoms with Gasteiger partial charge in [0.25, 0.3) is 0 Å². The first kappa shape index (κ1) is 12.7. The van der Waals surface area contributed by atoms with E-state index in [9.17, 15) is 14.7 Å². The molecule has 0 aliphatic carbocycles. The number of carbonyl (C=O) groups excluding carboxylic acids is 2. The van der Waals surface area contributed by atoms with E-state index in [1.807, 2.05) is 6.92 Å². The molecular weight excluding hydrogens is 184 g/mol. The average Bonchev–Trinajstić information content (AvgIpc) is 2.15. The molecule has 0 saturated heterocycles. The average molecular weight is 199 g/mol. The number of hydrogen-bond acceptors (Lipinski definition) is 4. The van der Waals surface area contributed by atoms with Gasteiger partial charge in [-0.1, -0.05) is 13.3 Å². The normalized spacial score (nSPS) is 11.9. The Bertz CT molecular complexity index is 253. The van der Waals surface area contributed by atoms with Gasteiger partial charge < -0.3 is 14.6 Å². The van der Waals surface area contributed by atoms with Crippen LogP contribution in [0.3, 0.4) is 0 Å². The summed E-state index contributed by atoms with van der Waals surface area (Å²) in [6.45, 7) is 5.04. The van der Waals surface area contributed by atoms with Crippen molar-refractivity contribution in [3.8, 4) is 0 Å². The second kappa shape index (κ2) is 6.18. The van der Waals surface area contributed by atoms with E-state index in [2.05, 4.69) is 0 Å². The van der Waals surface area contributed by atoms with E-state index < -0.39 is 11.9 Å². The number of esters is 1. The molecule has 0 bridgehead atoms. The molecule has 0 aromatic rings. The van der Waals surface area contributed by atoms with Gasteiger partial charge in [-0.2, -0.15) is 0 Å². The van der Waals surface area contributed by atoms with Gasteiger partial charge in [0.1, 0.15) is 0 Å². The summed E-state index contributed by atoms with van der Waals surface area (Å²) in [5.74, 6) is -1.92. The number of carbonyl (C=O) groups is 2. The van der Waals surface area contributed by atoms with Crippen molar-refractivity contribution in [1.82, 2.24) is 0 Å². The van der Waals surface area contributed by atoms with Crippen molar-refractivity contribution in [2.75, 3.05) is 6.61 Å². The Hall–Kier alpha value is -1.32. The maximum Gasteiger partial charge on any atom is 0.334 e. The van der Waals surface area contributed by atoms with E-state index >= 15 is 0 Å². The maximum absolute atomic E-state index is 11.2. The van der Waals surface area contributed by atoms with E-state index in [0.717, 1.165) is 12.8 Å². The van der Waals surface area contributed by atoms with Crippen molar-refractivity contribution < 1.29 is 19.4 Å². The Morgan fingerprint density at radius 2 is 1.79 bits per heavy atom. The molecule has 0 spiro atoms. The molecule has 0 saturated carbocycles. The topological polar surface area (TPSA) is 66.4 Å². The third kappa shape index (κ3) is 4.07. The first-order chi connectivity index (χ1) is 6.50. The molecule has 0 aliphatic rings. The second-order valence-electron chi connectivity index (χ2n) is 3.03. The summed E-state index contributed by atoms with van der Waals surface area (Å²) in [5, 5.41) is 10.4. The van der Waals surface area contributed by atoms with Gasteiger partial charge in [-0.3, -0.25) is 0 Å². The summed E-state index contributed by atoms with van der Waals surface area (Å²) < 4.78 is 4.83. The largest absolute Gasteiger partial charge is 0.545 e. The number of unbranched alkanes of at least 4 members (excludes halogenated alkanes) is 1. The number of hydrogen-bond donors (Lipinski definition) is 0. The predicted molar refractivity (Wildman–Crippen MR) is 49.2 cm³/mol. The molecule has 0 atom stereocenters. The van der Waals surface area contributed by atoms with Gasteiger partial charge in [0.2, 0.25) is 0 Å². The lowest BCUT2D eigenvalue weighted by Gasteiger charge is -2.08. The lowest BCUT2D eigenvalue weighted by atomic mass is 10.1. The summed E-state index contributed by atoms with van der Waals surface area (Å²) >= 11 is 0. The minimum atomic E-state index is -1.34. The second-order valence-corrected chi connectivity index (χ2v) is 3.03. The van der Waals surface area contributed by atoms with Crippen LogP contribution in [0.4, 0.5) is 0 Å².